The fourth-order valence-electron chi connectivity index (χ4n) is 3.19. The van der Waals surface area contributed by atoms with E-state index in [1.807, 2.05) is 37.4 Å². The number of nitrogens with zero attached hydrogens (tertiary/aromatic N) is 3. The zero-order valence-electron chi connectivity index (χ0n) is 13.2. The summed E-state index contributed by atoms with van der Waals surface area (Å²) in [4.78, 5) is 14.7. The molecular formula is C15H26N4O. The molecule has 112 valence electrons. The zero-order valence-corrected chi connectivity index (χ0v) is 13.2. The summed E-state index contributed by atoms with van der Waals surface area (Å²) in [5.41, 5.74) is 8.99. The Balaban J connectivity index is 2.18. The summed E-state index contributed by atoms with van der Waals surface area (Å²) in [5.74, 6) is 0.0604. The molecule has 0 radical (unpaired) electrons. The van der Waals surface area contributed by atoms with E-state index in [0.717, 1.165) is 36.5 Å². The summed E-state index contributed by atoms with van der Waals surface area (Å²) in [6, 6.07) is 0. The molecule has 2 atom stereocenters. The van der Waals surface area contributed by atoms with Crippen LogP contribution in [0, 0.1) is 19.3 Å². The summed E-state index contributed by atoms with van der Waals surface area (Å²) in [5, 5.41) is 4.41. The maximum Gasteiger partial charge on any atom is 0.229 e. The van der Waals surface area contributed by atoms with Crippen LogP contribution in [0.5, 0.6) is 0 Å². The van der Waals surface area contributed by atoms with Gasteiger partial charge in [-0.15, -0.1) is 0 Å². The van der Waals surface area contributed by atoms with Crippen molar-refractivity contribution in [2.45, 2.75) is 40.0 Å². The average molecular weight is 278 g/mol. The maximum atomic E-state index is 12.7. The first-order valence-electron chi connectivity index (χ1n) is 7.28. The predicted octanol–water partition coefficient (Wildman–Crippen LogP) is 1.34. The molecule has 1 amide bonds. The number of carbonyl (C=O) groups excluding carboxylic acids is 1. The molecule has 1 aliphatic rings. The number of amides is 1. The van der Waals surface area contributed by atoms with Crippen molar-refractivity contribution in [3.05, 3.63) is 17.0 Å². The van der Waals surface area contributed by atoms with E-state index < -0.39 is 0 Å². The Morgan fingerprint density at radius 2 is 2.15 bits per heavy atom. The smallest absolute Gasteiger partial charge is 0.229 e. The Morgan fingerprint density at radius 1 is 1.50 bits per heavy atom. The molecule has 0 spiro atoms. The van der Waals surface area contributed by atoms with Crippen molar-refractivity contribution in [3.8, 4) is 0 Å². The van der Waals surface area contributed by atoms with Crippen LogP contribution in [-0.2, 0) is 11.8 Å². The average Bonchev–Trinajstić information content (AvgIpc) is 2.91. The van der Waals surface area contributed by atoms with E-state index in [2.05, 4.69) is 12.0 Å². The van der Waals surface area contributed by atoms with Gasteiger partial charge >= 0.3 is 0 Å². The van der Waals surface area contributed by atoms with Crippen LogP contribution in [-0.4, -0.2) is 40.2 Å². The highest BCUT2D eigenvalue weighted by molar-refractivity contribution is 5.84. The summed E-state index contributed by atoms with van der Waals surface area (Å²) >= 11 is 0. The third kappa shape index (κ3) is 2.46. The molecule has 5 nitrogen and oxygen atoms in total. The second-order valence-electron chi connectivity index (χ2n) is 6.45. The van der Waals surface area contributed by atoms with Crippen LogP contribution >= 0.6 is 0 Å². The van der Waals surface area contributed by atoms with Crippen molar-refractivity contribution in [1.29, 1.82) is 0 Å². The first-order chi connectivity index (χ1) is 9.29. The molecule has 2 unspecified atom stereocenters. The van der Waals surface area contributed by atoms with Crippen molar-refractivity contribution in [1.82, 2.24) is 14.7 Å². The molecule has 1 aliphatic heterocycles. The van der Waals surface area contributed by atoms with Gasteiger partial charge in [-0.25, -0.2) is 0 Å². The number of nitrogens with two attached hydrogens (primary N) is 1. The molecule has 1 saturated heterocycles. The number of hydrogen-bond donors (Lipinski definition) is 1. The van der Waals surface area contributed by atoms with Crippen LogP contribution in [0.25, 0.3) is 0 Å². The number of carbonyl (C=O) groups is 1. The standard InChI is InChI=1S/C15H26N4O/c1-10(13-11(2)17-18(5)12(13)3)14(20)19-7-6-15(4,8-16)9-19/h10H,6-9,16H2,1-5H3. The minimum Gasteiger partial charge on any atom is -0.342 e. The lowest BCUT2D eigenvalue weighted by molar-refractivity contribution is -0.131. The molecular weight excluding hydrogens is 252 g/mol. The quantitative estimate of drug-likeness (QED) is 0.907. The van der Waals surface area contributed by atoms with Gasteiger partial charge in [0.2, 0.25) is 5.91 Å². The Morgan fingerprint density at radius 3 is 2.60 bits per heavy atom. The van der Waals surface area contributed by atoms with Crippen LogP contribution in [0.1, 0.15) is 43.1 Å². The van der Waals surface area contributed by atoms with E-state index in [1.165, 1.54) is 0 Å². The maximum absolute atomic E-state index is 12.7. The summed E-state index contributed by atoms with van der Waals surface area (Å²) in [6.45, 7) is 10.4. The monoisotopic (exact) mass is 278 g/mol. The van der Waals surface area contributed by atoms with E-state index in [1.54, 1.807) is 0 Å². The largest absolute Gasteiger partial charge is 0.342 e. The summed E-state index contributed by atoms with van der Waals surface area (Å²) < 4.78 is 1.85. The van der Waals surface area contributed by atoms with Gasteiger partial charge in [0.15, 0.2) is 0 Å². The molecule has 0 bridgehead atoms. The highest BCUT2D eigenvalue weighted by atomic mass is 16.2. The van der Waals surface area contributed by atoms with E-state index in [9.17, 15) is 4.79 Å². The van der Waals surface area contributed by atoms with E-state index in [0.29, 0.717) is 6.54 Å². The lowest BCUT2D eigenvalue weighted by Gasteiger charge is -2.25. The lowest BCUT2D eigenvalue weighted by Crippen LogP contribution is -2.36. The number of hydrogen-bond acceptors (Lipinski definition) is 3. The number of rotatable bonds is 3. The Hall–Kier alpha value is -1.36. The van der Waals surface area contributed by atoms with Gasteiger partial charge in [0.05, 0.1) is 11.6 Å². The van der Waals surface area contributed by atoms with Crippen molar-refractivity contribution in [3.63, 3.8) is 0 Å². The fourth-order valence-corrected chi connectivity index (χ4v) is 3.19. The van der Waals surface area contributed by atoms with Gasteiger partial charge in [-0.05, 0) is 39.2 Å². The number of aryl methyl sites for hydroxylation is 2. The molecule has 2 heterocycles. The summed E-state index contributed by atoms with van der Waals surface area (Å²) in [6.07, 6.45) is 0.993. The normalized spacial score (nSPS) is 24.2. The molecule has 0 aliphatic carbocycles. The predicted molar refractivity (Wildman–Crippen MR) is 79.5 cm³/mol. The van der Waals surface area contributed by atoms with Crippen molar-refractivity contribution in [2.24, 2.45) is 18.2 Å². The highest BCUT2D eigenvalue weighted by Gasteiger charge is 2.37. The number of likely N-dealkylation sites (tertiary alicyclic amines) is 1. The van der Waals surface area contributed by atoms with Crippen molar-refractivity contribution < 1.29 is 4.79 Å². The second-order valence-corrected chi connectivity index (χ2v) is 6.45. The van der Waals surface area contributed by atoms with E-state index in [-0.39, 0.29) is 17.2 Å². The first kappa shape index (κ1) is 15.0. The second kappa shape index (κ2) is 5.20. The van der Waals surface area contributed by atoms with Gasteiger partial charge in [0.1, 0.15) is 0 Å². The Labute approximate surface area is 121 Å². The van der Waals surface area contributed by atoms with E-state index >= 15 is 0 Å². The SMILES string of the molecule is Cc1nn(C)c(C)c1C(C)C(=O)N1CCC(C)(CN)C1. The van der Waals surface area contributed by atoms with Gasteiger partial charge in [0, 0.05) is 31.4 Å². The molecule has 2 N–H and O–H groups in total. The van der Waals surface area contributed by atoms with Gasteiger partial charge in [0.25, 0.3) is 0 Å². The minimum absolute atomic E-state index is 0.0778. The Kier molecular flexibility index (Phi) is 3.91. The van der Waals surface area contributed by atoms with Gasteiger partial charge in [-0.3, -0.25) is 9.48 Å². The summed E-state index contributed by atoms with van der Waals surface area (Å²) in [7, 11) is 1.92. The third-order valence-corrected chi connectivity index (χ3v) is 4.73. The molecule has 2 rings (SSSR count). The zero-order chi connectivity index (χ0) is 15.1. The fraction of sp³-hybridized carbons (Fsp3) is 0.733. The number of aromatic nitrogens is 2. The molecule has 0 saturated carbocycles. The van der Waals surface area contributed by atoms with Crippen LogP contribution in [0.2, 0.25) is 0 Å². The van der Waals surface area contributed by atoms with Crippen LogP contribution in [0.15, 0.2) is 0 Å². The van der Waals surface area contributed by atoms with Gasteiger partial charge < -0.3 is 10.6 Å². The van der Waals surface area contributed by atoms with Crippen LogP contribution < -0.4 is 5.73 Å². The third-order valence-electron chi connectivity index (χ3n) is 4.73. The first-order valence-corrected chi connectivity index (χ1v) is 7.28. The molecule has 1 fully saturated rings. The van der Waals surface area contributed by atoms with Crippen molar-refractivity contribution >= 4 is 5.91 Å². The van der Waals surface area contributed by atoms with Crippen LogP contribution in [0.3, 0.4) is 0 Å². The van der Waals surface area contributed by atoms with Crippen molar-refractivity contribution in [2.75, 3.05) is 19.6 Å². The lowest BCUT2D eigenvalue weighted by atomic mass is 9.90. The topological polar surface area (TPSA) is 64.2 Å². The molecule has 1 aromatic rings. The van der Waals surface area contributed by atoms with E-state index in [4.69, 9.17) is 5.73 Å². The molecule has 1 aromatic heterocycles. The highest BCUT2D eigenvalue weighted by Crippen LogP contribution is 2.32. The molecule has 0 aromatic carbocycles. The van der Waals surface area contributed by atoms with Gasteiger partial charge in [-0.2, -0.15) is 5.10 Å². The molecule has 5 heteroatoms. The Bertz CT molecular complexity index is 522. The molecule has 20 heavy (non-hydrogen) atoms. The van der Waals surface area contributed by atoms with Gasteiger partial charge in [-0.1, -0.05) is 6.92 Å². The minimum atomic E-state index is -0.135. The van der Waals surface area contributed by atoms with Crippen LogP contribution in [0.4, 0.5) is 0 Å².